The van der Waals surface area contributed by atoms with Gasteiger partial charge in [0.1, 0.15) is 0 Å². The molecule has 0 heterocycles. The van der Waals surface area contributed by atoms with Crippen molar-refractivity contribution < 1.29 is 0 Å². The average Bonchev–Trinajstić information content (AvgIpc) is 2.34. The fourth-order valence-electron chi connectivity index (χ4n) is 1.96. The zero-order valence-electron chi connectivity index (χ0n) is 7.14. The van der Waals surface area contributed by atoms with Crippen LogP contribution in [-0.4, -0.2) is 6.54 Å². The number of hydrogen-bond acceptors (Lipinski definition) is 1. The van der Waals surface area contributed by atoms with E-state index in [1.165, 1.54) is 19.3 Å². The third kappa shape index (κ3) is 1.72. The lowest BCUT2D eigenvalue weighted by atomic mass is 9.92. The highest BCUT2D eigenvalue weighted by Gasteiger charge is 2.24. The monoisotopic (exact) mass is 141 g/mol. The van der Waals surface area contributed by atoms with Crippen molar-refractivity contribution in [2.75, 3.05) is 6.54 Å². The Morgan fingerprint density at radius 2 is 2.20 bits per heavy atom. The summed E-state index contributed by atoms with van der Waals surface area (Å²) in [5.41, 5.74) is 5.60. The number of nitrogens with two attached hydrogens (primary N) is 1. The largest absolute Gasteiger partial charge is 0.330 e. The van der Waals surface area contributed by atoms with Gasteiger partial charge in [-0.05, 0) is 37.1 Å². The predicted molar refractivity (Wildman–Crippen MR) is 44.7 cm³/mol. The van der Waals surface area contributed by atoms with E-state index in [-0.39, 0.29) is 0 Å². The molecule has 0 bridgehead atoms. The Kier molecular flexibility index (Phi) is 2.72. The van der Waals surface area contributed by atoms with Crippen LogP contribution in [0.25, 0.3) is 0 Å². The van der Waals surface area contributed by atoms with Gasteiger partial charge in [-0.25, -0.2) is 0 Å². The molecule has 0 aromatic heterocycles. The quantitative estimate of drug-likeness (QED) is 0.625. The van der Waals surface area contributed by atoms with E-state index in [9.17, 15) is 0 Å². The summed E-state index contributed by atoms with van der Waals surface area (Å²) in [7, 11) is 0. The zero-order valence-corrected chi connectivity index (χ0v) is 7.14. The highest BCUT2D eigenvalue weighted by molar-refractivity contribution is 4.76. The molecular formula is C9H19N. The third-order valence-electron chi connectivity index (χ3n) is 2.91. The molecule has 1 nitrogen and oxygen atoms in total. The van der Waals surface area contributed by atoms with Crippen molar-refractivity contribution in [3.63, 3.8) is 0 Å². The minimum Gasteiger partial charge on any atom is -0.330 e. The Balaban J connectivity index is 2.29. The standard InChI is InChI=1S/C9H19N/c1-7-3-4-9(5-7)8(2)6-10/h7-9H,3-6,10H2,1-2H3/t7?,8-,9?/m0/s1. The summed E-state index contributed by atoms with van der Waals surface area (Å²) in [6.07, 6.45) is 4.26. The molecule has 1 heteroatoms. The maximum absolute atomic E-state index is 5.60. The number of rotatable bonds is 2. The Morgan fingerprint density at radius 1 is 1.50 bits per heavy atom. The van der Waals surface area contributed by atoms with Crippen LogP contribution in [0.5, 0.6) is 0 Å². The maximum Gasteiger partial charge on any atom is -0.00489 e. The van der Waals surface area contributed by atoms with Crippen molar-refractivity contribution in [3.8, 4) is 0 Å². The first-order valence-corrected chi connectivity index (χ1v) is 4.44. The molecule has 10 heavy (non-hydrogen) atoms. The molecule has 0 saturated heterocycles. The van der Waals surface area contributed by atoms with Gasteiger partial charge in [-0.1, -0.05) is 20.3 Å². The van der Waals surface area contributed by atoms with E-state index in [0.717, 1.165) is 24.3 Å². The van der Waals surface area contributed by atoms with Gasteiger partial charge < -0.3 is 5.73 Å². The van der Waals surface area contributed by atoms with Crippen molar-refractivity contribution in [2.24, 2.45) is 23.5 Å². The van der Waals surface area contributed by atoms with Crippen LogP contribution in [0, 0.1) is 17.8 Å². The molecule has 3 atom stereocenters. The normalized spacial score (nSPS) is 36.3. The van der Waals surface area contributed by atoms with E-state index in [2.05, 4.69) is 13.8 Å². The first-order valence-electron chi connectivity index (χ1n) is 4.44. The average molecular weight is 141 g/mol. The summed E-state index contributed by atoms with van der Waals surface area (Å²) in [5.74, 6) is 2.64. The molecular weight excluding hydrogens is 122 g/mol. The van der Waals surface area contributed by atoms with E-state index in [1.54, 1.807) is 0 Å². The second kappa shape index (κ2) is 3.38. The van der Waals surface area contributed by atoms with Crippen LogP contribution in [0.1, 0.15) is 33.1 Å². The second-order valence-corrected chi connectivity index (χ2v) is 3.89. The van der Waals surface area contributed by atoms with Gasteiger partial charge >= 0.3 is 0 Å². The van der Waals surface area contributed by atoms with Gasteiger partial charge in [-0.15, -0.1) is 0 Å². The van der Waals surface area contributed by atoms with Crippen molar-refractivity contribution in [3.05, 3.63) is 0 Å². The summed E-state index contributed by atoms with van der Waals surface area (Å²) in [6.45, 7) is 5.50. The highest BCUT2D eigenvalue weighted by Crippen LogP contribution is 2.34. The van der Waals surface area contributed by atoms with Crippen LogP contribution in [0.2, 0.25) is 0 Å². The van der Waals surface area contributed by atoms with E-state index in [4.69, 9.17) is 5.73 Å². The second-order valence-electron chi connectivity index (χ2n) is 3.89. The smallest absolute Gasteiger partial charge is 0.00489 e. The van der Waals surface area contributed by atoms with E-state index < -0.39 is 0 Å². The predicted octanol–water partition coefficient (Wildman–Crippen LogP) is 2.02. The van der Waals surface area contributed by atoms with E-state index in [1.807, 2.05) is 0 Å². The Labute approximate surface area is 64.0 Å². The van der Waals surface area contributed by atoms with Crippen molar-refractivity contribution in [1.82, 2.24) is 0 Å². The van der Waals surface area contributed by atoms with Crippen molar-refractivity contribution >= 4 is 0 Å². The molecule has 1 fully saturated rings. The molecule has 2 N–H and O–H groups in total. The molecule has 60 valence electrons. The Hall–Kier alpha value is -0.0400. The minimum atomic E-state index is 0.755. The van der Waals surface area contributed by atoms with Gasteiger partial charge in [-0.3, -0.25) is 0 Å². The van der Waals surface area contributed by atoms with Gasteiger partial charge in [0.2, 0.25) is 0 Å². The molecule has 0 radical (unpaired) electrons. The minimum absolute atomic E-state index is 0.755. The molecule has 1 aliphatic carbocycles. The molecule has 0 aliphatic heterocycles. The summed E-state index contributed by atoms with van der Waals surface area (Å²) in [6, 6.07) is 0. The Morgan fingerprint density at radius 3 is 2.60 bits per heavy atom. The van der Waals surface area contributed by atoms with Crippen molar-refractivity contribution in [2.45, 2.75) is 33.1 Å². The first-order chi connectivity index (χ1) is 4.74. The van der Waals surface area contributed by atoms with Gasteiger partial charge in [0.15, 0.2) is 0 Å². The summed E-state index contributed by atoms with van der Waals surface area (Å²) < 4.78 is 0. The van der Waals surface area contributed by atoms with Crippen LogP contribution in [-0.2, 0) is 0 Å². The summed E-state index contributed by atoms with van der Waals surface area (Å²) in [5, 5.41) is 0. The molecule has 0 amide bonds. The molecule has 2 unspecified atom stereocenters. The molecule has 1 aliphatic rings. The van der Waals surface area contributed by atoms with Crippen molar-refractivity contribution in [1.29, 1.82) is 0 Å². The molecule has 0 spiro atoms. The van der Waals surface area contributed by atoms with Gasteiger partial charge in [0, 0.05) is 0 Å². The van der Waals surface area contributed by atoms with Crippen LogP contribution in [0.3, 0.4) is 0 Å². The molecule has 1 saturated carbocycles. The molecule has 1 rings (SSSR count). The summed E-state index contributed by atoms with van der Waals surface area (Å²) >= 11 is 0. The van der Waals surface area contributed by atoms with Crippen LogP contribution in [0.4, 0.5) is 0 Å². The topological polar surface area (TPSA) is 26.0 Å². The van der Waals surface area contributed by atoms with Crippen LogP contribution < -0.4 is 5.73 Å². The van der Waals surface area contributed by atoms with Crippen LogP contribution >= 0.6 is 0 Å². The lowest BCUT2D eigenvalue weighted by Crippen LogP contribution is -2.18. The zero-order chi connectivity index (χ0) is 7.56. The van der Waals surface area contributed by atoms with E-state index in [0.29, 0.717) is 0 Å². The van der Waals surface area contributed by atoms with Gasteiger partial charge in [0.25, 0.3) is 0 Å². The highest BCUT2D eigenvalue weighted by atomic mass is 14.6. The SMILES string of the molecule is CC1CCC([C@@H](C)CN)C1. The fourth-order valence-corrected chi connectivity index (χ4v) is 1.96. The van der Waals surface area contributed by atoms with Crippen LogP contribution in [0.15, 0.2) is 0 Å². The summed E-state index contributed by atoms with van der Waals surface area (Å²) in [4.78, 5) is 0. The lowest BCUT2D eigenvalue weighted by Gasteiger charge is -2.16. The molecule has 0 aromatic rings. The van der Waals surface area contributed by atoms with Gasteiger partial charge in [-0.2, -0.15) is 0 Å². The Bertz CT molecular complexity index is 101. The fraction of sp³-hybridized carbons (Fsp3) is 1.00. The third-order valence-corrected chi connectivity index (χ3v) is 2.91. The maximum atomic E-state index is 5.60. The lowest BCUT2D eigenvalue weighted by molar-refractivity contribution is 0.364. The molecule has 0 aromatic carbocycles. The number of hydrogen-bond donors (Lipinski definition) is 1. The van der Waals surface area contributed by atoms with Gasteiger partial charge in [0.05, 0.1) is 0 Å². The first kappa shape index (κ1) is 8.06. The van der Waals surface area contributed by atoms with E-state index >= 15 is 0 Å².